The van der Waals surface area contributed by atoms with Crippen molar-refractivity contribution in [2.24, 2.45) is 0 Å². The molecule has 7 nitrogen and oxygen atoms in total. The van der Waals surface area contributed by atoms with Gasteiger partial charge >= 0.3 is 0 Å². The number of carbonyl (C=O) groups is 1. The second kappa shape index (κ2) is 8.25. The van der Waals surface area contributed by atoms with E-state index in [1.165, 1.54) is 4.68 Å². The summed E-state index contributed by atoms with van der Waals surface area (Å²) in [7, 11) is 3.56. The number of carbonyl (C=O) groups excluding carboxylic acids is 1. The lowest BCUT2D eigenvalue weighted by Crippen LogP contribution is -2.50. The van der Waals surface area contributed by atoms with Gasteiger partial charge in [0.25, 0.3) is 0 Å². The molecule has 2 aromatic heterocycles. The van der Waals surface area contributed by atoms with Gasteiger partial charge in [-0.1, -0.05) is 0 Å². The normalized spacial score (nSPS) is 16.0. The molecule has 10 heteroatoms. The number of hydrogen-bond donors (Lipinski definition) is 0. The number of halogens is 3. The summed E-state index contributed by atoms with van der Waals surface area (Å²) in [5.41, 5.74) is 2.03. The minimum atomic E-state index is -0.958. The highest BCUT2D eigenvalue weighted by Crippen LogP contribution is 2.34. The Labute approximate surface area is 183 Å². The number of aromatic nitrogens is 4. The van der Waals surface area contributed by atoms with Crippen LogP contribution in [-0.4, -0.2) is 45.8 Å². The van der Waals surface area contributed by atoms with Crippen molar-refractivity contribution in [2.45, 2.75) is 39.3 Å². The maximum Gasteiger partial charge on any atom is 0.249 e. The van der Waals surface area contributed by atoms with Crippen molar-refractivity contribution in [3.8, 4) is 0 Å². The smallest absolute Gasteiger partial charge is 0.249 e. The average Bonchev–Trinajstić information content (AvgIpc) is 3.19. The van der Waals surface area contributed by atoms with Crippen LogP contribution >= 0.6 is 0 Å². The van der Waals surface area contributed by atoms with Gasteiger partial charge in [-0.15, -0.1) is 0 Å². The van der Waals surface area contributed by atoms with Gasteiger partial charge in [0.2, 0.25) is 5.91 Å². The Morgan fingerprint density at radius 2 is 1.75 bits per heavy atom. The first kappa shape index (κ1) is 21.8. The Bertz CT molecular complexity index is 1170. The SMILES string of the molecule is Cc1nc(CCc2cnn(Cc3c(F)cc(F)cc3F)c2)nc2c1N(C)C(=O)[C@H](C)N2C. The molecule has 0 radical (unpaired) electrons. The largest absolute Gasteiger partial charge is 0.346 e. The number of hydrogen-bond acceptors (Lipinski definition) is 5. The lowest BCUT2D eigenvalue weighted by Gasteiger charge is -2.37. The number of amides is 1. The Hall–Kier alpha value is -3.43. The minimum absolute atomic E-state index is 0.0131. The van der Waals surface area contributed by atoms with E-state index in [0.717, 1.165) is 11.3 Å². The molecule has 0 aliphatic carbocycles. The Balaban J connectivity index is 1.49. The van der Waals surface area contributed by atoms with Crippen molar-refractivity contribution >= 4 is 17.4 Å². The van der Waals surface area contributed by atoms with Crippen LogP contribution in [0, 0.1) is 24.4 Å². The monoisotopic (exact) mass is 444 g/mol. The average molecular weight is 444 g/mol. The minimum Gasteiger partial charge on any atom is -0.346 e. The van der Waals surface area contributed by atoms with E-state index in [1.54, 1.807) is 24.3 Å². The highest BCUT2D eigenvalue weighted by Gasteiger charge is 2.34. The molecule has 0 N–H and O–H groups in total. The van der Waals surface area contributed by atoms with Crippen molar-refractivity contribution in [1.82, 2.24) is 19.7 Å². The van der Waals surface area contributed by atoms with Gasteiger partial charge in [0.1, 0.15) is 35.0 Å². The van der Waals surface area contributed by atoms with E-state index in [0.29, 0.717) is 42.3 Å². The van der Waals surface area contributed by atoms with Gasteiger partial charge in [-0.05, 0) is 25.8 Å². The van der Waals surface area contributed by atoms with Gasteiger partial charge in [-0.25, -0.2) is 23.1 Å². The molecule has 1 aromatic carbocycles. The van der Waals surface area contributed by atoms with Crippen LogP contribution in [0.15, 0.2) is 24.5 Å². The molecule has 3 aromatic rings. The number of benzene rings is 1. The van der Waals surface area contributed by atoms with Crippen molar-refractivity contribution in [3.05, 3.63) is 64.6 Å². The summed E-state index contributed by atoms with van der Waals surface area (Å²) < 4.78 is 42.3. The molecule has 3 heterocycles. The predicted octanol–water partition coefficient (Wildman–Crippen LogP) is 3.03. The van der Waals surface area contributed by atoms with E-state index in [-0.39, 0.29) is 24.1 Å². The van der Waals surface area contributed by atoms with Gasteiger partial charge in [-0.2, -0.15) is 5.10 Å². The van der Waals surface area contributed by atoms with Gasteiger partial charge in [-0.3, -0.25) is 9.48 Å². The maximum absolute atomic E-state index is 13.9. The van der Waals surface area contributed by atoms with Crippen LogP contribution in [0.2, 0.25) is 0 Å². The molecule has 1 aliphatic heterocycles. The van der Waals surface area contributed by atoms with Gasteiger partial charge in [0.15, 0.2) is 5.82 Å². The number of aryl methyl sites for hydroxylation is 3. The van der Waals surface area contributed by atoms with Crippen LogP contribution in [0.25, 0.3) is 0 Å². The topological polar surface area (TPSA) is 67.2 Å². The summed E-state index contributed by atoms with van der Waals surface area (Å²) in [6.45, 7) is 3.54. The fourth-order valence-electron chi connectivity index (χ4n) is 3.86. The van der Waals surface area contributed by atoms with Crippen molar-refractivity contribution < 1.29 is 18.0 Å². The summed E-state index contributed by atoms with van der Waals surface area (Å²) in [6.07, 6.45) is 4.40. The van der Waals surface area contributed by atoms with Crippen molar-refractivity contribution in [2.75, 3.05) is 23.9 Å². The summed E-state index contributed by atoms with van der Waals surface area (Å²) in [5.74, 6) is -1.52. The zero-order chi connectivity index (χ0) is 23.2. The van der Waals surface area contributed by atoms with E-state index < -0.39 is 17.5 Å². The number of anilines is 2. The predicted molar refractivity (Wildman–Crippen MR) is 113 cm³/mol. The first-order valence-electron chi connectivity index (χ1n) is 10.2. The fourth-order valence-corrected chi connectivity index (χ4v) is 3.86. The van der Waals surface area contributed by atoms with E-state index in [4.69, 9.17) is 0 Å². The van der Waals surface area contributed by atoms with E-state index in [1.807, 2.05) is 25.8 Å². The molecule has 0 bridgehead atoms. The molecule has 1 atom stereocenters. The molecule has 0 spiro atoms. The quantitative estimate of drug-likeness (QED) is 0.605. The van der Waals surface area contributed by atoms with E-state index in [9.17, 15) is 18.0 Å². The lowest BCUT2D eigenvalue weighted by molar-refractivity contribution is -0.119. The van der Waals surface area contributed by atoms with Crippen molar-refractivity contribution in [1.29, 1.82) is 0 Å². The van der Waals surface area contributed by atoms with Gasteiger partial charge < -0.3 is 9.80 Å². The number of rotatable bonds is 5. The zero-order valence-electron chi connectivity index (χ0n) is 18.2. The highest BCUT2D eigenvalue weighted by molar-refractivity contribution is 6.04. The summed E-state index contributed by atoms with van der Waals surface area (Å²) >= 11 is 0. The number of likely N-dealkylation sites (N-methyl/N-ethyl adjacent to an activating group) is 2. The number of nitrogens with zero attached hydrogens (tertiary/aromatic N) is 6. The number of fused-ring (bicyclic) bond motifs is 1. The third-order valence-electron chi connectivity index (χ3n) is 5.77. The Kier molecular flexibility index (Phi) is 5.62. The molecule has 32 heavy (non-hydrogen) atoms. The maximum atomic E-state index is 13.9. The van der Waals surface area contributed by atoms with Crippen LogP contribution in [0.3, 0.4) is 0 Å². The van der Waals surface area contributed by atoms with Crippen LogP contribution in [0.1, 0.15) is 29.6 Å². The van der Waals surface area contributed by atoms with Crippen LogP contribution in [0.4, 0.5) is 24.7 Å². The summed E-state index contributed by atoms with van der Waals surface area (Å²) in [6, 6.07) is 0.989. The zero-order valence-corrected chi connectivity index (χ0v) is 18.2. The molecule has 1 aliphatic rings. The molecule has 0 unspecified atom stereocenters. The lowest BCUT2D eigenvalue weighted by atomic mass is 10.1. The molecule has 4 rings (SSSR count). The first-order chi connectivity index (χ1) is 15.2. The third kappa shape index (κ3) is 3.92. The van der Waals surface area contributed by atoms with E-state index >= 15 is 0 Å². The molecule has 0 saturated heterocycles. The Morgan fingerprint density at radius 1 is 1.06 bits per heavy atom. The molecular formula is C22H23F3N6O. The van der Waals surface area contributed by atoms with Crippen LogP contribution in [-0.2, 0) is 24.2 Å². The van der Waals surface area contributed by atoms with Gasteiger partial charge in [0.05, 0.1) is 18.4 Å². The summed E-state index contributed by atoms with van der Waals surface area (Å²) in [5, 5.41) is 4.15. The van der Waals surface area contributed by atoms with E-state index in [2.05, 4.69) is 15.1 Å². The standard InChI is InChI=1S/C22H23F3N6O/c1-12-20-21(29(3)13(2)22(32)30(20)4)28-19(27-12)6-5-14-9-26-31(10-14)11-16-17(24)7-15(23)8-18(16)25/h7-10,13H,5-6,11H2,1-4H3/t13-/m0/s1. The van der Waals surface area contributed by atoms with Crippen molar-refractivity contribution in [3.63, 3.8) is 0 Å². The molecule has 0 fully saturated rings. The highest BCUT2D eigenvalue weighted by atomic mass is 19.1. The molecule has 168 valence electrons. The third-order valence-corrected chi connectivity index (χ3v) is 5.77. The molecular weight excluding hydrogens is 421 g/mol. The fraction of sp³-hybridized carbons (Fsp3) is 0.364. The summed E-state index contributed by atoms with van der Waals surface area (Å²) in [4.78, 5) is 25.1. The second-order valence-corrected chi connectivity index (χ2v) is 7.98. The van der Waals surface area contributed by atoms with Crippen LogP contribution < -0.4 is 9.80 Å². The van der Waals surface area contributed by atoms with Crippen LogP contribution in [0.5, 0.6) is 0 Å². The van der Waals surface area contributed by atoms with Gasteiger partial charge in [0, 0.05) is 44.4 Å². The Morgan fingerprint density at radius 3 is 2.44 bits per heavy atom. The molecule has 1 amide bonds. The first-order valence-corrected chi connectivity index (χ1v) is 10.2. The second-order valence-electron chi connectivity index (χ2n) is 7.98. The molecule has 0 saturated carbocycles.